The number of ketones is 1. The summed E-state index contributed by atoms with van der Waals surface area (Å²) in [5.41, 5.74) is 1.05. The molecule has 0 fully saturated rings. The van der Waals surface area contributed by atoms with Crippen molar-refractivity contribution in [1.82, 2.24) is 0 Å². The van der Waals surface area contributed by atoms with Gasteiger partial charge in [-0.2, -0.15) is 0 Å². The lowest BCUT2D eigenvalue weighted by Crippen LogP contribution is -1.95. The van der Waals surface area contributed by atoms with Crippen molar-refractivity contribution >= 4 is 5.78 Å². The van der Waals surface area contributed by atoms with Crippen molar-refractivity contribution < 1.29 is 4.79 Å². The summed E-state index contributed by atoms with van der Waals surface area (Å²) in [6.07, 6.45) is 11.0. The normalized spacial score (nSPS) is 14.6. The van der Waals surface area contributed by atoms with Gasteiger partial charge in [0, 0.05) is 0 Å². The number of carbonyl (C=O) groups excluding carboxylic acids is 1. The molecule has 0 saturated heterocycles. The Labute approximate surface area is 107 Å². The molecule has 1 unspecified atom stereocenters. The lowest BCUT2D eigenvalue weighted by Gasteiger charge is -2.09. The number of hydrogen-bond donors (Lipinski definition) is 0. The number of hydrogen-bond acceptors (Lipinski definition) is 1. The van der Waals surface area contributed by atoms with E-state index in [1.165, 1.54) is 19.3 Å². The van der Waals surface area contributed by atoms with Crippen molar-refractivity contribution in [3.8, 4) is 0 Å². The van der Waals surface area contributed by atoms with Crippen LogP contribution in [-0.2, 0) is 4.79 Å². The topological polar surface area (TPSA) is 17.1 Å². The second-order valence-electron chi connectivity index (χ2n) is 5.57. The fourth-order valence-electron chi connectivity index (χ4n) is 1.85. The van der Waals surface area contributed by atoms with Crippen LogP contribution in [0.3, 0.4) is 0 Å². The highest BCUT2D eigenvalue weighted by atomic mass is 16.1. The first-order chi connectivity index (χ1) is 7.91. The van der Waals surface area contributed by atoms with Gasteiger partial charge in [-0.1, -0.05) is 52.2 Å². The Morgan fingerprint density at radius 3 is 2.29 bits per heavy atom. The second kappa shape index (κ2) is 9.21. The summed E-state index contributed by atoms with van der Waals surface area (Å²) in [7, 11) is 0. The Morgan fingerprint density at radius 1 is 1.12 bits per heavy atom. The number of carbonyl (C=O) groups is 1. The van der Waals surface area contributed by atoms with E-state index in [-0.39, 0.29) is 5.78 Å². The average molecular weight is 236 g/mol. The summed E-state index contributed by atoms with van der Waals surface area (Å²) in [6.45, 7) is 10.4. The van der Waals surface area contributed by atoms with Crippen LogP contribution >= 0.6 is 0 Å². The monoisotopic (exact) mass is 236 g/mol. The molecule has 0 saturated carbocycles. The third kappa shape index (κ3) is 11.4. The van der Waals surface area contributed by atoms with Crippen molar-refractivity contribution in [1.29, 1.82) is 0 Å². The van der Waals surface area contributed by atoms with Crippen LogP contribution in [0.15, 0.2) is 23.8 Å². The van der Waals surface area contributed by atoms with Crippen molar-refractivity contribution in [2.45, 2.75) is 60.3 Å². The van der Waals surface area contributed by atoms with Crippen LogP contribution in [0.25, 0.3) is 0 Å². The van der Waals surface area contributed by atoms with Crippen molar-refractivity contribution in [2.75, 3.05) is 0 Å². The van der Waals surface area contributed by atoms with E-state index >= 15 is 0 Å². The van der Waals surface area contributed by atoms with Gasteiger partial charge >= 0.3 is 0 Å². The summed E-state index contributed by atoms with van der Waals surface area (Å²) in [6, 6.07) is 0. The van der Waals surface area contributed by atoms with Crippen LogP contribution in [0.1, 0.15) is 60.3 Å². The van der Waals surface area contributed by atoms with Crippen LogP contribution in [0, 0.1) is 11.8 Å². The highest BCUT2D eigenvalue weighted by Gasteiger charge is 2.01. The smallest absolute Gasteiger partial charge is 0.152 e. The number of rotatable bonds is 8. The third-order valence-electron chi connectivity index (χ3n) is 2.83. The Kier molecular flexibility index (Phi) is 8.75. The van der Waals surface area contributed by atoms with Crippen LogP contribution in [0.2, 0.25) is 0 Å². The average Bonchev–Trinajstić information content (AvgIpc) is 2.15. The third-order valence-corrected chi connectivity index (χ3v) is 2.83. The Hall–Kier alpha value is -0.850. The van der Waals surface area contributed by atoms with Gasteiger partial charge in [0.2, 0.25) is 0 Å². The predicted octanol–water partition coefficient (Wildman–Crippen LogP) is 4.93. The molecule has 0 heterocycles. The first-order valence-corrected chi connectivity index (χ1v) is 6.77. The summed E-state index contributed by atoms with van der Waals surface area (Å²) in [5.74, 6) is 1.69. The van der Waals surface area contributed by atoms with Gasteiger partial charge in [0.1, 0.15) is 0 Å². The minimum absolute atomic E-state index is 0.122. The molecule has 0 N–H and O–H groups in total. The zero-order chi connectivity index (χ0) is 13.3. The zero-order valence-corrected chi connectivity index (χ0v) is 12.1. The van der Waals surface area contributed by atoms with Gasteiger partial charge in [-0.3, -0.25) is 4.79 Å². The molecule has 1 nitrogen and oxygen atoms in total. The van der Waals surface area contributed by atoms with E-state index in [1.807, 2.05) is 6.92 Å². The fourth-order valence-corrected chi connectivity index (χ4v) is 1.85. The van der Waals surface area contributed by atoms with Crippen LogP contribution < -0.4 is 0 Å². The molecule has 0 aliphatic carbocycles. The molecule has 0 aromatic rings. The van der Waals surface area contributed by atoms with E-state index < -0.39 is 0 Å². The Balaban J connectivity index is 3.79. The fraction of sp³-hybridized carbons (Fsp3) is 0.688. The minimum Gasteiger partial charge on any atom is -0.295 e. The lowest BCUT2D eigenvalue weighted by molar-refractivity contribution is -0.112. The number of allylic oxidation sites excluding steroid dienone is 4. The van der Waals surface area contributed by atoms with Gasteiger partial charge in [0.25, 0.3) is 0 Å². The zero-order valence-electron chi connectivity index (χ0n) is 12.1. The molecule has 0 aliphatic heterocycles. The maximum Gasteiger partial charge on any atom is 0.152 e. The van der Waals surface area contributed by atoms with Crippen LogP contribution in [0.5, 0.6) is 0 Å². The first-order valence-electron chi connectivity index (χ1n) is 6.77. The highest BCUT2D eigenvalue weighted by Crippen LogP contribution is 2.15. The van der Waals surface area contributed by atoms with E-state index in [2.05, 4.69) is 32.9 Å². The van der Waals surface area contributed by atoms with Gasteiger partial charge in [-0.25, -0.2) is 0 Å². The second-order valence-corrected chi connectivity index (χ2v) is 5.57. The maximum absolute atomic E-state index is 10.8. The van der Waals surface area contributed by atoms with Crippen molar-refractivity contribution in [3.05, 3.63) is 23.8 Å². The summed E-state index contributed by atoms with van der Waals surface area (Å²) in [4.78, 5) is 10.8. The summed E-state index contributed by atoms with van der Waals surface area (Å²) in [5, 5.41) is 0. The molecule has 0 aromatic carbocycles. The molecule has 0 amide bonds. The van der Waals surface area contributed by atoms with Crippen LogP contribution in [-0.4, -0.2) is 5.78 Å². The predicted molar refractivity (Wildman–Crippen MR) is 76.0 cm³/mol. The lowest BCUT2D eigenvalue weighted by atomic mass is 9.97. The molecule has 0 rings (SSSR count). The molecular weight excluding hydrogens is 208 g/mol. The largest absolute Gasteiger partial charge is 0.295 e. The Bertz CT molecular complexity index is 271. The molecule has 0 radical (unpaired) electrons. The Morgan fingerprint density at radius 2 is 1.76 bits per heavy atom. The summed E-state index contributed by atoms with van der Waals surface area (Å²) < 4.78 is 0. The van der Waals surface area contributed by atoms with Gasteiger partial charge in [-0.05, 0) is 43.8 Å². The van der Waals surface area contributed by atoms with E-state index in [4.69, 9.17) is 0 Å². The molecule has 1 atom stereocenters. The molecule has 0 bridgehead atoms. The maximum atomic E-state index is 10.8. The molecule has 0 spiro atoms. The van der Waals surface area contributed by atoms with Gasteiger partial charge in [-0.15, -0.1) is 0 Å². The molecule has 1 heteroatoms. The van der Waals surface area contributed by atoms with Crippen molar-refractivity contribution in [3.63, 3.8) is 0 Å². The molecule has 0 aromatic heterocycles. The molecule has 0 aliphatic rings. The SMILES string of the molecule is CC(=O)C=C(C)C=CCC(C)CCCC(C)C. The molecular formula is C16H28O. The van der Waals surface area contributed by atoms with Crippen molar-refractivity contribution in [2.24, 2.45) is 11.8 Å². The van der Waals surface area contributed by atoms with E-state index in [1.54, 1.807) is 13.0 Å². The highest BCUT2D eigenvalue weighted by molar-refractivity contribution is 5.88. The quantitative estimate of drug-likeness (QED) is 0.431. The molecule has 17 heavy (non-hydrogen) atoms. The van der Waals surface area contributed by atoms with Gasteiger partial charge in [0.15, 0.2) is 5.78 Å². The molecule has 98 valence electrons. The van der Waals surface area contributed by atoms with Crippen LogP contribution in [0.4, 0.5) is 0 Å². The first kappa shape index (κ1) is 16.1. The van der Waals surface area contributed by atoms with E-state index in [9.17, 15) is 4.79 Å². The van der Waals surface area contributed by atoms with E-state index in [0.717, 1.165) is 23.8 Å². The summed E-state index contributed by atoms with van der Waals surface area (Å²) >= 11 is 0. The van der Waals surface area contributed by atoms with E-state index in [0.29, 0.717) is 0 Å². The van der Waals surface area contributed by atoms with Gasteiger partial charge in [0.05, 0.1) is 0 Å². The standard InChI is InChI=1S/C16H28O/c1-13(2)8-6-9-14(3)10-7-11-15(4)12-16(5)17/h7,11-14H,6,8-10H2,1-5H3. The minimum atomic E-state index is 0.122. The van der Waals surface area contributed by atoms with Gasteiger partial charge < -0.3 is 0 Å².